The maximum atomic E-state index is 12.3. The third-order valence-corrected chi connectivity index (χ3v) is 5.20. The topological polar surface area (TPSA) is 159 Å². The number of benzene rings is 2. The van der Waals surface area contributed by atoms with E-state index < -0.39 is 22.8 Å². The van der Waals surface area contributed by atoms with Crippen LogP contribution in [0.3, 0.4) is 0 Å². The molecule has 0 bridgehead atoms. The number of aliphatic imine (C=N–C) groups is 1. The highest BCUT2D eigenvalue weighted by molar-refractivity contribution is 8.18. The van der Waals surface area contributed by atoms with Crippen molar-refractivity contribution < 1.29 is 29.5 Å². The Morgan fingerprint density at radius 3 is 2.10 bits per heavy atom. The number of hydrogen-bond donors (Lipinski definition) is 3. The van der Waals surface area contributed by atoms with E-state index in [4.69, 9.17) is 10.2 Å². The average molecular weight is 427 g/mol. The molecule has 2 aromatic rings. The second-order valence-electron chi connectivity index (χ2n) is 6.11. The van der Waals surface area contributed by atoms with Crippen LogP contribution in [0.4, 0.5) is 11.4 Å². The summed E-state index contributed by atoms with van der Waals surface area (Å²) in [6.07, 6.45) is 0. The van der Waals surface area contributed by atoms with Gasteiger partial charge < -0.3 is 15.5 Å². The molecule has 0 atom stereocenters. The average Bonchev–Trinajstić information content (AvgIpc) is 3.07. The van der Waals surface area contributed by atoms with E-state index in [2.05, 4.69) is 10.3 Å². The summed E-state index contributed by atoms with van der Waals surface area (Å²) >= 11 is 0.996. The number of carboxylic acid groups (broad SMARTS) is 2. The molecule has 1 heterocycles. The van der Waals surface area contributed by atoms with E-state index >= 15 is 0 Å². The van der Waals surface area contributed by atoms with Crippen LogP contribution in [0, 0.1) is 10.1 Å². The molecule has 3 N–H and O–H groups in total. The summed E-state index contributed by atoms with van der Waals surface area (Å²) in [5.41, 5.74) is 0.672. The zero-order chi connectivity index (χ0) is 22.0. The van der Waals surface area contributed by atoms with E-state index in [0.29, 0.717) is 16.0 Å². The van der Waals surface area contributed by atoms with Crippen molar-refractivity contribution in [2.75, 3.05) is 0 Å². The van der Waals surface area contributed by atoms with Gasteiger partial charge in [-0.1, -0.05) is 0 Å². The first-order chi connectivity index (χ1) is 14.2. The quantitative estimate of drug-likeness (QED) is 0.372. The molecule has 0 saturated carbocycles. The Balaban J connectivity index is 1.94. The zero-order valence-electron chi connectivity index (χ0n) is 15.3. The number of amidine groups is 1. The van der Waals surface area contributed by atoms with Crippen LogP contribution in [-0.2, 0) is 4.79 Å². The van der Waals surface area contributed by atoms with E-state index in [1.165, 1.54) is 36.4 Å². The number of carbonyl (C=O) groups excluding carboxylic acids is 1. The van der Waals surface area contributed by atoms with Crippen molar-refractivity contribution in [3.63, 3.8) is 0 Å². The molecule has 30 heavy (non-hydrogen) atoms. The van der Waals surface area contributed by atoms with Gasteiger partial charge in [-0.25, -0.2) is 14.6 Å². The molecule has 11 heteroatoms. The molecule has 0 aliphatic carbocycles. The molecule has 1 aliphatic heterocycles. The molecule has 0 aromatic heterocycles. The molecule has 1 aliphatic rings. The van der Waals surface area contributed by atoms with Gasteiger partial charge in [-0.15, -0.1) is 0 Å². The van der Waals surface area contributed by atoms with Crippen LogP contribution in [0.25, 0.3) is 5.57 Å². The number of rotatable bonds is 5. The Hall–Kier alpha value is -3.99. The number of amides is 1. The lowest BCUT2D eigenvalue weighted by atomic mass is 10.1. The van der Waals surface area contributed by atoms with Gasteiger partial charge in [-0.3, -0.25) is 14.9 Å². The second-order valence-corrected chi connectivity index (χ2v) is 7.11. The number of nitrogens with zero attached hydrogens (tertiary/aromatic N) is 2. The summed E-state index contributed by atoms with van der Waals surface area (Å²) in [4.78, 5) is 49.5. The summed E-state index contributed by atoms with van der Waals surface area (Å²) < 4.78 is 0. The van der Waals surface area contributed by atoms with E-state index in [0.717, 1.165) is 17.8 Å². The van der Waals surface area contributed by atoms with Gasteiger partial charge in [0.25, 0.3) is 11.6 Å². The number of aromatic carboxylic acids is 2. The normalized spacial score (nSPS) is 16.3. The van der Waals surface area contributed by atoms with Crippen molar-refractivity contribution in [1.29, 1.82) is 0 Å². The van der Waals surface area contributed by atoms with Crippen molar-refractivity contribution in [3.8, 4) is 0 Å². The third kappa shape index (κ3) is 4.36. The lowest BCUT2D eigenvalue weighted by Crippen LogP contribution is -2.19. The largest absolute Gasteiger partial charge is 0.478 e. The highest BCUT2D eigenvalue weighted by atomic mass is 32.2. The van der Waals surface area contributed by atoms with E-state index in [1.807, 2.05) is 0 Å². The maximum Gasteiger partial charge on any atom is 0.335 e. The number of carboxylic acids is 2. The fraction of sp³-hybridized carbons (Fsp3) is 0.0526. The van der Waals surface area contributed by atoms with Crippen LogP contribution in [0.1, 0.15) is 33.2 Å². The number of thioether (sulfide) groups is 1. The first-order valence-corrected chi connectivity index (χ1v) is 9.12. The van der Waals surface area contributed by atoms with Crippen LogP contribution in [0.15, 0.2) is 52.4 Å². The Labute approximate surface area is 173 Å². The van der Waals surface area contributed by atoms with Gasteiger partial charge >= 0.3 is 11.9 Å². The number of hydrogen-bond acceptors (Lipinski definition) is 7. The molecule has 1 fully saturated rings. The summed E-state index contributed by atoms with van der Waals surface area (Å²) in [6, 6.07) is 9.11. The maximum absolute atomic E-state index is 12.3. The van der Waals surface area contributed by atoms with Gasteiger partial charge in [0.15, 0.2) is 5.17 Å². The summed E-state index contributed by atoms with van der Waals surface area (Å²) in [5, 5.41) is 31.8. The summed E-state index contributed by atoms with van der Waals surface area (Å²) in [6.45, 7) is 1.68. The third-order valence-electron chi connectivity index (χ3n) is 4.12. The van der Waals surface area contributed by atoms with Gasteiger partial charge in [-0.2, -0.15) is 0 Å². The van der Waals surface area contributed by atoms with Crippen molar-refractivity contribution >= 4 is 51.7 Å². The highest BCUT2D eigenvalue weighted by Crippen LogP contribution is 2.33. The fourth-order valence-electron chi connectivity index (χ4n) is 2.62. The Bertz CT molecular complexity index is 1120. The van der Waals surface area contributed by atoms with E-state index in [1.54, 1.807) is 6.92 Å². The Kier molecular flexibility index (Phi) is 5.65. The minimum Gasteiger partial charge on any atom is -0.478 e. The predicted octanol–water partition coefficient (Wildman–Crippen LogP) is 3.27. The highest BCUT2D eigenvalue weighted by Gasteiger charge is 2.27. The van der Waals surface area contributed by atoms with Crippen molar-refractivity contribution in [3.05, 3.63) is 74.2 Å². The number of carbonyl (C=O) groups is 3. The first-order valence-electron chi connectivity index (χ1n) is 8.31. The molecule has 152 valence electrons. The summed E-state index contributed by atoms with van der Waals surface area (Å²) in [7, 11) is 0. The molecule has 1 saturated heterocycles. The van der Waals surface area contributed by atoms with Crippen molar-refractivity contribution in [2.24, 2.45) is 4.99 Å². The molecule has 0 spiro atoms. The van der Waals surface area contributed by atoms with Crippen LogP contribution in [0.2, 0.25) is 0 Å². The number of nitrogens with one attached hydrogen (secondary N) is 1. The Morgan fingerprint density at radius 2 is 1.60 bits per heavy atom. The molecule has 1 amide bonds. The van der Waals surface area contributed by atoms with Crippen LogP contribution in [0.5, 0.6) is 0 Å². The standard InChI is InChI=1S/C19H13N3O7S/c1-9(10-2-4-14(5-3-10)22(28)29)15-16(23)21-19(30-15)20-13-7-11(17(24)25)6-12(8-13)18(26)27/h2-8H,1H3,(H,24,25)(H,26,27)(H,20,21,23)/b15-9-. The van der Waals surface area contributed by atoms with E-state index in [9.17, 15) is 24.5 Å². The second kappa shape index (κ2) is 8.17. The number of nitro benzene ring substituents is 1. The monoisotopic (exact) mass is 427 g/mol. The zero-order valence-corrected chi connectivity index (χ0v) is 16.1. The Morgan fingerprint density at radius 1 is 1.03 bits per heavy atom. The number of allylic oxidation sites excluding steroid dienone is 1. The lowest BCUT2D eigenvalue weighted by Gasteiger charge is -2.03. The fourth-order valence-corrected chi connectivity index (χ4v) is 3.53. The van der Waals surface area contributed by atoms with Gasteiger partial charge in [0.2, 0.25) is 0 Å². The molecule has 0 unspecified atom stereocenters. The molecule has 0 radical (unpaired) electrons. The minimum atomic E-state index is -1.31. The van der Waals surface area contributed by atoms with Crippen LogP contribution in [-0.4, -0.2) is 38.1 Å². The number of non-ortho nitro benzene ring substituents is 1. The van der Waals surface area contributed by atoms with Crippen molar-refractivity contribution in [2.45, 2.75) is 6.92 Å². The smallest absolute Gasteiger partial charge is 0.335 e. The van der Waals surface area contributed by atoms with Gasteiger partial charge in [-0.05, 0) is 60.2 Å². The molecule has 3 rings (SSSR count). The number of nitro groups is 1. The van der Waals surface area contributed by atoms with Gasteiger partial charge in [0.1, 0.15) is 0 Å². The summed E-state index contributed by atoms with van der Waals surface area (Å²) in [5.74, 6) is -3.06. The minimum absolute atomic E-state index is 0.0596. The van der Waals surface area contributed by atoms with Gasteiger partial charge in [0, 0.05) is 12.1 Å². The first kappa shape index (κ1) is 20.7. The molecule has 2 aromatic carbocycles. The van der Waals surface area contributed by atoms with Crippen LogP contribution < -0.4 is 5.32 Å². The van der Waals surface area contributed by atoms with Crippen LogP contribution >= 0.6 is 11.8 Å². The van der Waals surface area contributed by atoms with E-state index in [-0.39, 0.29) is 27.7 Å². The lowest BCUT2D eigenvalue weighted by molar-refractivity contribution is -0.384. The molecular weight excluding hydrogens is 414 g/mol. The molecule has 10 nitrogen and oxygen atoms in total. The SMILES string of the molecule is C/C(=C1/SC(=Nc2cc(C(=O)O)cc(C(=O)O)c2)NC1=O)c1ccc([N+](=O)[O-])cc1. The predicted molar refractivity (Wildman–Crippen MR) is 109 cm³/mol. The van der Waals surface area contributed by atoms with Crippen molar-refractivity contribution in [1.82, 2.24) is 5.32 Å². The molecular formula is C19H13N3O7S. The van der Waals surface area contributed by atoms with Gasteiger partial charge in [0.05, 0.1) is 26.6 Å².